The van der Waals surface area contributed by atoms with Crippen molar-refractivity contribution in [1.29, 1.82) is 0 Å². The second kappa shape index (κ2) is 11.8. The van der Waals surface area contributed by atoms with Gasteiger partial charge in [0.05, 0.1) is 6.61 Å². The standard InChI is InChI=1S/C29H32N2O6S/c1-20-8-3-14-27(21(20)2)37-17-7-15-28(32)31-16-6-12-25-24(11-5-13-26(25)31)22-9-4-10-23(18-22)29(33)30-19-38(34,35)36/h3-5,8-11,13-14,18H,6-7,12,15-17,19H2,1-2H3,(H,30,33)(H,34,35,36). The predicted octanol–water partition coefficient (Wildman–Crippen LogP) is 4.68. The lowest BCUT2D eigenvalue weighted by atomic mass is 9.91. The summed E-state index contributed by atoms with van der Waals surface area (Å²) in [5, 5.41) is 2.20. The molecule has 0 radical (unpaired) electrons. The zero-order valence-corrected chi connectivity index (χ0v) is 22.4. The molecule has 0 bridgehead atoms. The average Bonchev–Trinajstić information content (AvgIpc) is 2.90. The Hall–Kier alpha value is -3.69. The van der Waals surface area contributed by atoms with Crippen molar-refractivity contribution in [2.75, 3.05) is 23.9 Å². The van der Waals surface area contributed by atoms with Crippen molar-refractivity contribution in [3.8, 4) is 16.9 Å². The third-order valence-corrected chi connectivity index (χ3v) is 7.26. The minimum Gasteiger partial charge on any atom is -0.493 e. The number of benzene rings is 3. The van der Waals surface area contributed by atoms with Gasteiger partial charge in [-0.15, -0.1) is 0 Å². The molecule has 0 saturated heterocycles. The number of amides is 2. The van der Waals surface area contributed by atoms with Gasteiger partial charge in [-0.25, -0.2) is 0 Å². The van der Waals surface area contributed by atoms with Gasteiger partial charge in [0.2, 0.25) is 5.91 Å². The van der Waals surface area contributed by atoms with Gasteiger partial charge in [-0.2, -0.15) is 8.42 Å². The van der Waals surface area contributed by atoms with Gasteiger partial charge in [-0.05, 0) is 85.2 Å². The Morgan fingerprint density at radius 3 is 2.61 bits per heavy atom. The zero-order chi connectivity index (χ0) is 27.3. The fraction of sp³-hybridized carbons (Fsp3) is 0.310. The predicted molar refractivity (Wildman–Crippen MR) is 147 cm³/mol. The third-order valence-electron chi connectivity index (χ3n) is 6.75. The van der Waals surface area contributed by atoms with Crippen molar-refractivity contribution in [3.05, 3.63) is 82.9 Å². The smallest absolute Gasteiger partial charge is 0.283 e. The summed E-state index contributed by atoms with van der Waals surface area (Å²) in [5.74, 6) is -0.566. The number of hydrogen-bond acceptors (Lipinski definition) is 5. The van der Waals surface area contributed by atoms with Crippen LogP contribution in [0.15, 0.2) is 60.7 Å². The number of carbonyl (C=O) groups excluding carboxylic acids is 2. The van der Waals surface area contributed by atoms with Crippen LogP contribution in [0, 0.1) is 13.8 Å². The first kappa shape index (κ1) is 27.3. The molecule has 0 spiro atoms. The molecule has 1 aliphatic heterocycles. The van der Waals surface area contributed by atoms with Crippen LogP contribution >= 0.6 is 0 Å². The maximum absolute atomic E-state index is 13.2. The number of ether oxygens (including phenoxy) is 1. The first-order valence-electron chi connectivity index (χ1n) is 12.6. The maximum Gasteiger partial charge on any atom is 0.283 e. The number of hydrogen-bond donors (Lipinski definition) is 2. The molecule has 0 unspecified atom stereocenters. The Labute approximate surface area is 223 Å². The van der Waals surface area contributed by atoms with Crippen LogP contribution < -0.4 is 15.0 Å². The van der Waals surface area contributed by atoms with E-state index in [1.807, 2.05) is 61.2 Å². The van der Waals surface area contributed by atoms with E-state index in [0.29, 0.717) is 26.0 Å². The molecule has 2 amide bonds. The van der Waals surface area contributed by atoms with Gasteiger partial charge in [0.15, 0.2) is 0 Å². The van der Waals surface area contributed by atoms with Crippen molar-refractivity contribution in [2.45, 2.75) is 39.5 Å². The molecular formula is C29H32N2O6S. The second-order valence-corrected chi connectivity index (χ2v) is 10.9. The average molecular weight is 537 g/mol. The molecule has 1 aliphatic rings. The second-order valence-electron chi connectivity index (χ2n) is 9.42. The van der Waals surface area contributed by atoms with Gasteiger partial charge in [0.25, 0.3) is 16.0 Å². The van der Waals surface area contributed by atoms with E-state index in [2.05, 4.69) is 5.32 Å². The molecule has 4 rings (SSSR count). The molecule has 3 aromatic rings. The summed E-state index contributed by atoms with van der Waals surface area (Å²) in [5.41, 5.74) is 6.17. The fourth-order valence-corrected chi connectivity index (χ4v) is 4.98. The molecule has 3 aromatic carbocycles. The molecule has 0 atom stereocenters. The van der Waals surface area contributed by atoms with E-state index in [1.54, 1.807) is 18.2 Å². The van der Waals surface area contributed by atoms with E-state index in [9.17, 15) is 18.0 Å². The van der Waals surface area contributed by atoms with Crippen LogP contribution in [0.1, 0.15) is 46.3 Å². The van der Waals surface area contributed by atoms with Crippen LogP contribution in [0.5, 0.6) is 5.75 Å². The number of nitrogens with one attached hydrogen (secondary N) is 1. The molecule has 2 N–H and O–H groups in total. The number of fused-ring (bicyclic) bond motifs is 1. The van der Waals surface area contributed by atoms with Gasteiger partial charge in [0.1, 0.15) is 11.6 Å². The highest BCUT2D eigenvalue weighted by atomic mass is 32.2. The van der Waals surface area contributed by atoms with Gasteiger partial charge in [-0.1, -0.05) is 36.4 Å². The molecule has 0 fully saturated rings. The number of nitrogens with zero attached hydrogens (tertiary/aromatic N) is 1. The first-order valence-corrected chi connectivity index (χ1v) is 14.2. The van der Waals surface area contributed by atoms with Crippen LogP contribution in [-0.2, 0) is 21.3 Å². The molecule has 0 aliphatic carbocycles. The topological polar surface area (TPSA) is 113 Å². The van der Waals surface area contributed by atoms with Crippen molar-refractivity contribution in [1.82, 2.24) is 5.32 Å². The van der Waals surface area contributed by atoms with Gasteiger partial charge < -0.3 is 15.0 Å². The van der Waals surface area contributed by atoms with Crippen molar-refractivity contribution >= 4 is 27.6 Å². The van der Waals surface area contributed by atoms with Crippen LogP contribution in [-0.4, -0.2) is 43.8 Å². The Kier molecular flexibility index (Phi) is 8.48. The number of rotatable bonds is 9. The zero-order valence-electron chi connectivity index (χ0n) is 21.6. The highest BCUT2D eigenvalue weighted by Gasteiger charge is 2.24. The summed E-state index contributed by atoms with van der Waals surface area (Å²) in [6, 6.07) is 18.6. The summed E-state index contributed by atoms with van der Waals surface area (Å²) < 4.78 is 36.8. The Morgan fingerprint density at radius 2 is 1.82 bits per heavy atom. The molecular weight excluding hydrogens is 504 g/mol. The van der Waals surface area contributed by atoms with Gasteiger partial charge in [-0.3, -0.25) is 14.1 Å². The van der Waals surface area contributed by atoms with Crippen LogP contribution in [0.3, 0.4) is 0 Å². The molecule has 1 heterocycles. The lowest BCUT2D eigenvalue weighted by molar-refractivity contribution is -0.118. The number of aryl methyl sites for hydroxylation is 1. The van der Waals surface area contributed by atoms with E-state index in [4.69, 9.17) is 9.29 Å². The molecule has 38 heavy (non-hydrogen) atoms. The largest absolute Gasteiger partial charge is 0.493 e. The van der Waals surface area contributed by atoms with Crippen LogP contribution in [0.25, 0.3) is 11.1 Å². The Bertz CT molecular complexity index is 1450. The lowest BCUT2D eigenvalue weighted by Crippen LogP contribution is -2.35. The first-order chi connectivity index (χ1) is 18.1. The highest BCUT2D eigenvalue weighted by molar-refractivity contribution is 7.85. The molecule has 0 aromatic heterocycles. The van der Waals surface area contributed by atoms with E-state index < -0.39 is 21.9 Å². The van der Waals surface area contributed by atoms with E-state index >= 15 is 0 Å². The maximum atomic E-state index is 13.2. The highest BCUT2D eigenvalue weighted by Crippen LogP contribution is 2.36. The molecule has 200 valence electrons. The van der Waals surface area contributed by atoms with Gasteiger partial charge >= 0.3 is 0 Å². The van der Waals surface area contributed by atoms with Gasteiger partial charge in [0, 0.05) is 24.2 Å². The summed E-state index contributed by atoms with van der Waals surface area (Å²) in [7, 11) is -4.32. The van der Waals surface area contributed by atoms with E-state index in [-0.39, 0.29) is 11.5 Å². The summed E-state index contributed by atoms with van der Waals surface area (Å²) in [6.07, 6.45) is 2.60. The Balaban J connectivity index is 1.46. The fourth-order valence-electron chi connectivity index (χ4n) is 4.66. The third kappa shape index (κ3) is 6.59. The summed E-state index contributed by atoms with van der Waals surface area (Å²) in [6.45, 7) is 5.18. The van der Waals surface area contributed by atoms with Crippen molar-refractivity contribution in [2.24, 2.45) is 0 Å². The quantitative estimate of drug-likeness (QED) is 0.303. The minimum absolute atomic E-state index is 0.0472. The molecule has 9 heteroatoms. The van der Waals surface area contributed by atoms with Crippen molar-refractivity contribution < 1.29 is 27.3 Å². The van der Waals surface area contributed by atoms with E-state index in [1.165, 1.54) is 5.56 Å². The lowest BCUT2D eigenvalue weighted by Gasteiger charge is -2.31. The number of carbonyl (C=O) groups is 2. The SMILES string of the molecule is Cc1cccc(OCCCC(=O)N2CCCc3c(-c4cccc(C(=O)NCS(=O)(=O)O)c4)cccc32)c1C. The monoisotopic (exact) mass is 536 g/mol. The van der Waals surface area contributed by atoms with Crippen LogP contribution in [0.4, 0.5) is 5.69 Å². The molecule has 8 nitrogen and oxygen atoms in total. The summed E-state index contributed by atoms with van der Waals surface area (Å²) in [4.78, 5) is 27.4. The molecule has 0 saturated carbocycles. The summed E-state index contributed by atoms with van der Waals surface area (Å²) >= 11 is 0. The minimum atomic E-state index is -4.32. The normalized spacial score (nSPS) is 13.1. The Morgan fingerprint density at radius 1 is 1.05 bits per heavy atom. The van der Waals surface area contributed by atoms with E-state index in [0.717, 1.165) is 46.5 Å². The number of anilines is 1. The van der Waals surface area contributed by atoms with Crippen LogP contribution in [0.2, 0.25) is 0 Å². The van der Waals surface area contributed by atoms with Crippen molar-refractivity contribution in [3.63, 3.8) is 0 Å².